The number of nitrogen functional groups attached to an aromatic ring is 1. The van der Waals surface area contributed by atoms with Crippen molar-refractivity contribution < 1.29 is 4.39 Å². The highest BCUT2D eigenvalue weighted by atomic mass is 19.1. The minimum Gasteiger partial charge on any atom is -0.383 e. The van der Waals surface area contributed by atoms with Crippen LogP contribution in [0.4, 0.5) is 10.2 Å². The van der Waals surface area contributed by atoms with Gasteiger partial charge < -0.3 is 5.73 Å². The van der Waals surface area contributed by atoms with Crippen LogP contribution < -0.4 is 5.73 Å². The van der Waals surface area contributed by atoms with Crippen molar-refractivity contribution in [3.8, 4) is 0 Å². The molecule has 0 aliphatic carbocycles. The number of pyridine rings is 1. The Morgan fingerprint density at radius 3 is 2.54 bits per heavy atom. The van der Waals surface area contributed by atoms with Crippen molar-refractivity contribution in [3.63, 3.8) is 0 Å². The Balaban J connectivity index is 3.05. The molecule has 0 aliphatic rings. The van der Waals surface area contributed by atoms with Crippen molar-refractivity contribution in [1.82, 2.24) is 4.98 Å². The van der Waals surface area contributed by atoms with Crippen LogP contribution in [0.3, 0.4) is 0 Å². The third kappa shape index (κ3) is 2.17. The van der Waals surface area contributed by atoms with Gasteiger partial charge in [0, 0.05) is 5.56 Å². The van der Waals surface area contributed by atoms with Crippen LogP contribution in [-0.4, -0.2) is 4.98 Å². The zero-order valence-electron chi connectivity index (χ0n) is 8.21. The summed E-state index contributed by atoms with van der Waals surface area (Å²) < 4.78 is 12.9. The first-order valence-corrected chi connectivity index (χ1v) is 4.43. The molecule has 1 heterocycles. The number of anilines is 1. The fourth-order valence-corrected chi connectivity index (χ4v) is 1.19. The molecule has 0 radical (unpaired) electrons. The number of hydrogen-bond donors (Lipinski definition) is 1. The maximum absolute atomic E-state index is 12.9. The van der Waals surface area contributed by atoms with Crippen LogP contribution in [0.15, 0.2) is 12.3 Å². The molecule has 1 aromatic heterocycles. The molecule has 0 bridgehead atoms. The van der Waals surface area contributed by atoms with Crippen LogP contribution in [0, 0.1) is 11.7 Å². The molecule has 2 N–H and O–H groups in total. The van der Waals surface area contributed by atoms with E-state index in [1.165, 1.54) is 6.07 Å². The summed E-state index contributed by atoms with van der Waals surface area (Å²) in [7, 11) is 0. The number of rotatable bonds is 2. The van der Waals surface area contributed by atoms with Crippen LogP contribution in [0.1, 0.15) is 32.3 Å². The van der Waals surface area contributed by atoms with Gasteiger partial charge in [-0.25, -0.2) is 9.37 Å². The third-order valence-corrected chi connectivity index (χ3v) is 2.41. The second-order valence-corrected chi connectivity index (χ2v) is 3.66. The first-order chi connectivity index (χ1) is 6.02. The zero-order valence-corrected chi connectivity index (χ0v) is 8.21. The van der Waals surface area contributed by atoms with Gasteiger partial charge in [0.15, 0.2) is 0 Å². The van der Waals surface area contributed by atoms with Crippen molar-refractivity contribution in [1.29, 1.82) is 0 Å². The predicted octanol–water partition coefficient (Wildman–Crippen LogP) is 2.56. The molecule has 72 valence electrons. The van der Waals surface area contributed by atoms with Gasteiger partial charge in [0.05, 0.1) is 6.20 Å². The van der Waals surface area contributed by atoms with E-state index in [1.807, 2.05) is 6.92 Å². The average molecular weight is 182 g/mol. The number of aromatic nitrogens is 1. The van der Waals surface area contributed by atoms with E-state index in [1.54, 1.807) is 0 Å². The zero-order chi connectivity index (χ0) is 10.0. The summed E-state index contributed by atoms with van der Waals surface area (Å²) in [6.45, 7) is 6.18. The Morgan fingerprint density at radius 1 is 1.38 bits per heavy atom. The van der Waals surface area contributed by atoms with Crippen LogP contribution in [0.25, 0.3) is 0 Å². The number of nitrogens with two attached hydrogens (primary N) is 1. The first kappa shape index (κ1) is 9.96. The summed E-state index contributed by atoms with van der Waals surface area (Å²) >= 11 is 0. The number of nitrogens with zero attached hydrogens (tertiary/aromatic N) is 1. The van der Waals surface area contributed by atoms with E-state index in [-0.39, 0.29) is 11.7 Å². The second-order valence-electron chi connectivity index (χ2n) is 3.66. The summed E-state index contributed by atoms with van der Waals surface area (Å²) in [4.78, 5) is 3.78. The van der Waals surface area contributed by atoms with E-state index in [4.69, 9.17) is 5.73 Å². The largest absolute Gasteiger partial charge is 0.383 e. The molecule has 0 fully saturated rings. The van der Waals surface area contributed by atoms with Crippen molar-refractivity contribution in [2.75, 3.05) is 5.73 Å². The smallest absolute Gasteiger partial charge is 0.141 e. The molecule has 0 aromatic carbocycles. The molecule has 1 aromatic rings. The van der Waals surface area contributed by atoms with Gasteiger partial charge in [-0.1, -0.05) is 20.8 Å². The molecule has 3 heteroatoms. The van der Waals surface area contributed by atoms with Crippen LogP contribution in [-0.2, 0) is 0 Å². The summed E-state index contributed by atoms with van der Waals surface area (Å²) in [6, 6.07) is 1.47. The fraction of sp³-hybridized carbons (Fsp3) is 0.500. The lowest BCUT2D eigenvalue weighted by molar-refractivity contribution is 0.529. The summed E-state index contributed by atoms with van der Waals surface area (Å²) in [5.74, 6) is 0.786. The van der Waals surface area contributed by atoms with Gasteiger partial charge >= 0.3 is 0 Å². The molecule has 0 saturated carbocycles. The van der Waals surface area contributed by atoms with Gasteiger partial charge in [-0.15, -0.1) is 0 Å². The van der Waals surface area contributed by atoms with Crippen molar-refractivity contribution in [3.05, 3.63) is 23.6 Å². The molecule has 0 aliphatic heterocycles. The maximum Gasteiger partial charge on any atom is 0.141 e. The Morgan fingerprint density at radius 2 is 2.00 bits per heavy atom. The van der Waals surface area contributed by atoms with Crippen LogP contribution >= 0.6 is 0 Å². The van der Waals surface area contributed by atoms with Gasteiger partial charge in [0.1, 0.15) is 11.6 Å². The second kappa shape index (κ2) is 3.73. The highest BCUT2D eigenvalue weighted by molar-refractivity contribution is 5.41. The van der Waals surface area contributed by atoms with Crippen LogP contribution in [0.5, 0.6) is 0 Å². The molecule has 0 amide bonds. The van der Waals surface area contributed by atoms with Gasteiger partial charge in [-0.3, -0.25) is 0 Å². The molecule has 0 unspecified atom stereocenters. The summed E-state index contributed by atoms with van der Waals surface area (Å²) in [5.41, 5.74) is 6.45. The molecule has 2 nitrogen and oxygen atoms in total. The minimum absolute atomic E-state index is 0.239. The van der Waals surface area contributed by atoms with Gasteiger partial charge in [-0.2, -0.15) is 0 Å². The van der Waals surface area contributed by atoms with E-state index >= 15 is 0 Å². The monoisotopic (exact) mass is 182 g/mol. The van der Waals surface area contributed by atoms with Gasteiger partial charge in [-0.05, 0) is 17.9 Å². The maximum atomic E-state index is 12.9. The molecule has 1 rings (SSSR count). The number of halogens is 1. The Bertz CT molecular complexity index is 297. The quantitative estimate of drug-likeness (QED) is 0.763. The Kier molecular flexibility index (Phi) is 2.86. The van der Waals surface area contributed by atoms with Crippen LogP contribution in [0.2, 0.25) is 0 Å². The highest BCUT2D eigenvalue weighted by Gasteiger charge is 2.14. The van der Waals surface area contributed by atoms with E-state index in [0.29, 0.717) is 11.7 Å². The normalized spacial score (nSPS) is 13.3. The lowest BCUT2D eigenvalue weighted by atomic mass is 9.91. The summed E-state index contributed by atoms with van der Waals surface area (Å²) in [6.07, 6.45) is 1.14. The van der Waals surface area contributed by atoms with Crippen molar-refractivity contribution in [2.45, 2.75) is 26.7 Å². The Labute approximate surface area is 78.0 Å². The standard InChI is InChI=1S/C10H15FN2/c1-6(2)7(3)9-4-8(11)5-13-10(9)12/h4-7H,1-3H3,(H2,12,13)/t7-/m0/s1. The van der Waals surface area contributed by atoms with Crippen molar-refractivity contribution >= 4 is 5.82 Å². The lowest BCUT2D eigenvalue weighted by Gasteiger charge is -2.17. The average Bonchev–Trinajstić information content (AvgIpc) is 2.08. The number of hydrogen-bond acceptors (Lipinski definition) is 2. The third-order valence-electron chi connectivity index (χ3n) is 2.41. The minimum atomic E-state index is -0.322. The van der Waals surface area contributed by atoms with Crippen molar-refractivity contribution in [2.24, 2.45) is 5.92 Å². The lowest BCUT2D eigenvalue weighted by Crippen LogP contribution is -2.07. The molecular formula is C10H15FN2. The van der Waals surface area contributed by atoms with Gasteiger partial charge in [0.2, 0.25) is 0 Å². The topological polar surface area (TPSA) is 38.9 Å². The van der Waals surface area contributed by atoms with E-state index in [9.17, 15) is 4.39 Å². The fourth-order valence-electron chi connectivity index (χ4n) is 1.19. The molecule has 1 atom stereocenters. The molecule has 13 heavy (non-hydrogen) atoms. The molecule has 0 saturated heterocycles. The molecule has 0 spiro atoms. The Hall–Kier alpha value is -1.12. The van der Waals surface area contributed by atoms with E-state index < -0.39 is 0 Å². The molecular weight excluding hydrogens is 167 g/mol. The highest BCUT2D eigenvalue weighted by Crippen LogP contribution is 2.27. The predicted molar refractivity (Wildman–Crippen MR) is 51.9 cm³/mol. The van der Waals surface area contributed by atoms with Gasteiger partial charge in [0.25, 0.3) is 0 Å². The summed E-state index contributed by atoms with van der Waals surface area (Å²) in [5, 5.41) is 0. The SMILES string of the molecule is CC(C)[C@H](C)c1cc(F)cnc1N. The van der Waals surface area contributed by atoms with E-state index in [2.05, 4.69) is 18.8 Å². The van der Waals surface area contributed by atoms with E-state index in [0.717, 1.165) is 11.8 Å². The first-order valence-electron chi connectivity index (χ1n) is 4.43.